The summed E-state index contributed by atoms with van der Waals surface area (Å²) in [6.07, 6.45) is 1.19. The van der Waals surface area contributed by atoms with Crippen LogP contribution in [0, 0.1) is 0 Å². The van der Waals surface area contributed by atoms with E-state index in [1.807, 2.05) is 0 Å². The summed E-state index contributed by atoms with van der Waals surface area (Å²) in [5, 5.41) is 2.78. The first-order valence-electron chi connectivity index (χ1n) is 4.82. The zero-order valence-electron chi connectivity index (χ0n) is 9.47. The van der Waals surface area contributed by atoms with Gasteiger partial charge < -0.3 is 10.2 Å². The molecular formula is C8H18ClN3O3S. The molecule has 0 aliphatic carbocycles. The van der Waals surface area contributed by atoms with Crippen LogP contribution in [0.3, 0.4) is 0 Å². The Hall–Kier alpha value is -0.370. The predicted molar refractivity (Wildman–Crippen MR) is 64.2 cm³/mol. The Labute approximate surface area is 102 Å². The molecule has 16 heavy (non-hydrogen) atoms. The lowest BCUT2D eigenvalue weighted by Gasteiger charge is -2.33. The van der Waals surface area contributed by atoms with Crippen molar-refractivity contribution in [2.24, 2.45) is 0 Å². The average Bonchev–Trinajstić information content (AvgIpc) is 2.17. The summed E-state index contributed by atoms with van der Waals surface area (Å²) < 4.78 is 23.8. The van der Waals surface area contributed by atoms with E-state index < -0.39 is 10.0 Å². The van der Waals surface area contributed by atoms with Crippen LogP contribution in [0.2, 0.25) is 0 Å². The van der Waals surface area contributed by atoms with Crippen LogP contribution < -0.4 is 5.32 Å². The lowest BCUT2D eigenvalue weighted by atomic mass is 10.3. The summed E-state index contributed by atoms with van der Waals surface area (Å²) >= 11 is 0. The third-order valence-electron chi connectivity index (χ3n) is 2.39. The van der Waals surface area contributed by atoms with Crippen molar-refractivity contribution < 1.29 is 13.2 Å². The second-order valence-corrected chi connectivity index (χ2v) is 5.56. The highest BCUT2D eigenvalue weighted by molar-refractivity contribution is 7.88. The Bertz CT molecular complexity index is 325. The fourth-order valence-electron chi connectivity index (χ4n) is 1.53. The maximum Gasteiger partial charge on any atom is 0.236 e. The van der Waals surface area contributed by atoms with E-state index in [-0.39, 0.29) is 18.3 Å². The topological polar surface area (TPSA) is 69.7 Å². The number of rotatable bonds is 3. The molecule has 1 aliphatic heterocycles. The molecule has 0 aromatic heterocycles. The Morgan fingerprint density at radius 2 is 1.75 bits per heavy atom. The van der Waals surface area contributed by atoms with Gasteiger partial charge in [-0.25, -0.2) is 8.42 Å². The van der Waals surface area contributed by atoms with Crippen molar-refractivity contribution in [3.8, 4) is 0 Å². The summed E-state index contributed by atoms with van der Waals surface area (Å²) in [7, 11) is -1.39. The Morgan fingerprint density at radius 1 is 1.25 bits per heavy atom. The Balaban J connectivity index is 0.00000225. The van der Waals surface area contributed by atoms with E-state index in [2.05, 4.69) is 5.32 Å². The van der Waals surface area contributed by atoms with Gasteiger partial charge in [-0.2, -0.15) is 4.31 Å². The van der Waals surface area contributed by atoms with Gasteiger partial charge in [0.2, 0.25) is 15.9 Å². The standard InChI is InChI=1S/C8H17N3O3S.ClH/c1-9-7-8(12)10-3-5-11(6-4-10)15(2,13)14;/h9H,3-7H2,1-2H3;1H. The fraction of sp³-hybridized carbons (Fsp3) is 0.875. The van der Waals surface area contributed by atoms with Gasteiger partial charge in [-0.05, 0) is 7.05 Å². The number of halogens is 1. The summed E-state index contributed by atoms with van der Waals surface area (Å²) in [6.45, 7) is 2.06. The van der Waals surface area contributed by atoms with Gasteiger partial charge in [-0.3, -0.25) is 4.79 Å². The number of nitrogens with one attached hydrogen (secondary N) is 1. The minimum absolute atomic E-state index is 0. The molecule has 0 spiro atoms. The van der Waals surface area contributed by atoms with Gasteiger partial charge in [0.1, 0.15) is 0 Å². The van der Waals surface area contributed by atoms with Gasteiger partial charge in [-0.15, -0.1) is 12.4 Å². The van der Waals surface area contributed by atoms with Crippen molar-refractivity contribution in [1.82, 2.24) is 14.5 Å². The van der Waals surface area contributed by atoms with E-state index in [0.29, 0.717) is 32.7 Å². The van der Waals surface area contributed by atoms with E-state index in [1.165, 1.54) is 10.6 Å². The first kappa shape index (κ1) is 15.6. The molecule has 1 rings (SSSR count). The third kappa shape index (κ3) is 4.25. The minimum Gasteiger partial charge on any atom is -0.339 e. The molecule has 1 fully saturated rings. The smallest absolute Gasteiger partial charge is 0.236 e. The molecule has 0 bridgehead atoms. The van der Waals surface area contributed by atoms with Crippen molar-refractivity contribution in [3.05, 3.63) is 0 Å². The highest BCUT2D eigenvalue weighted by Crippen LogP contribution is 2.05. The Kier molecular flexibility index (Phi) is 6.24. The first-order valence-corrected chi connectivity index (χ1v) is 6.67. The minimum atomic E-state index is -3.11. The highest BCUT2D eigenvalue weighted by Gasteiger charge is 2.25. The first-order chi connectivity index (χ1) is 6.95. The SMILES string of the molecule is CNCC(=O)N1CCN(S(C)(=O)=O)CC1.Cl. The maximum atomic E-state index is 11.4. The van der Waals surface area contributed by atoms with Crippen LogP contribution in [-0.4, -0.2) is 69.6 Å². The monoisotopic (exact) mass is 271 g/mol. The van der Waals surface area contributed by atoms with Crippen LogP contribution in [0.4, 0.5) is 0 Å². The summed E-state index contributed by atoms with van der Waals surface area (Å²) in [5.74, 6) is 0.0191. The molecule has 1 heterocycles. The van der Waals surface area contributed by atoms with E-state index in [4.69, 9.17) is 0 Å². The van der Waals surface area contributed by atoms with Crippen LogP contribution in [0.5, 0.6) is 0 Å². The quantitative estimate of drug-likeness (QED) is 0.695. The Morgan fingerprint density at radius 3 is 2.12 bits per heavy atom. The van der Waals surface area contributed by atoms with E-state index in [9.17, 15) is 13.2 Å². The molecule has 1 saturated heterocycles. The van der Waals surface area contributed by atoms with Gasteiger partial charge in [0.05, 0.1) is 12.8 Å². The predicted octanol–water partition coefficient (Wildman–Crippen LogP) is -1.27. The van der Waals surface area contributed by atoms with Crippen molar-refractivity contribution >= 4 is 28.3 Å². The van der Waals surface area contributed by atoms with Crippen molar-refractivity contribution in [1.29, 1.82) is 0 Å². The lowest BCUT2D eigenvalue weighted by molar-refractivity contribution is -0.131. The number of sulfonamides is 1. The number of hydrogen-bond donors (Lipinski definition) is 1. The van der Waals surface area contributed by atoms with Gasteiger partial charge in [0.15, 0.2) is 0 Å². The summed E-state index contributed by atoms with van der Waals surface area (Å²) in [4.78, 5) is 13.1. The highest BCUT2D eigenvalue weighted by atomic mass is 35.5. The van der Waals surface area contributed by atoms with Crippen molar-refractivity contribution in [2.45, 2.75) is 0 Å². The van der Waals surface area contributed by atoms with Gasteiger partial charge in [0.25, 0.3) is 0 Å². The molecule has 0 saturated carbocycles. The number of amides is 1. The zero-order valence-corrected chi connectivity index (χ0v) is 11.1. The van der Waals surface area contributed by atoms with Gasteiger partial charge >= 0.3 is 0 Å². The lowest BCUT2D eigenvalue weighted by Crippen LogP contribution is -2.51. The number of hydrogen-bond acceptors (Lipinski definition) is 4. The average molecular weight is 272 g/mol. The molecule has 0 unspecified atom stereocenters. The number of likely N-dealkylation sites (N-methyl/N-ethyl adjacent to an activating group) is 1. The molecule has 96 valence electrons. The molecule has 1 N–H and O–H groups in total. The number of nitrogens with zero attached hydrogens (tertiary/aromatic N) is 2. The molecule has 0 aromatic rings. The molecule has 6 nitrogen and oxygen atoms in total. The molecule has 0 atom stereocenters. The summed E-state index contributed by atoms with van der Waals surface area (Å²) in [5.41, 5.74) is 0. The van der Waals surface area contributed by atoms with E-state index in [0.717, 1.165) is 0 Å². The fourth-order valence-corrected chi connectivity index (χ4v) is 2.36. The van der Waals surface area contributed by atoms with Crippen LogP contribution in [0.25, 0.3) is 0 Å². The van der Waals surface area contributed by atoms with E-state index >= 15 is 0 Å². The second-order valence-electron chi connectivity index (χ2n) is 3.57. The van der Waals surface area contributed by atoms with Crippen LogP contribution in [0.15, 0.2) is 0 Å². The number of carbonyl (C=O) groups excluding carboxylic acids is 1. The molecule has 0 radical (unpaired) electrons. The van der Waals surface area contributed by atoms with Crippen LogP contribution in [0.1, 0.15) is 0 Å². The van der Waals surface area contributed by atoms with Crippen molar-refractivity contribution in [2.75, 3.05) is 46.0 Å². The maximum absolute atomic E-state index is 11.4. The second kappa shape index (κ2) is 6.39. The third-order valence-corrected chi connectivity index (χ3v) is 3.69. The summed E-state index contributed by atoms with van der Waals surface area (Å²) in [6, 6.07) is 0. The van der Waals surface area contributed by atoms with Gasteiger partial charge in [0, 0.05) is 26.2 Å². The molecular weight excluding hydrogens is 254 g/mol. The van der Waals surface area contributed by atoms with Crippen LogP contribution >= 0.6 is 12.4 Å². The molecule has 0 aromatic carbocycles. The zero-order chi connectivity index (χ0) is 11.5. The van der Waals surface area contributed by atoms with E-state index in [1.54, 1.807) is 11.9 Å². The largest absolute Gasteiger partial charge is 0.339 e. The normalized spacial score (nSPS) is 18.0. The van der Waals surface area contributed by atoms with Crippen LogP contribution in [-0.2, 0) is 14.8 Å². The number of carbonyl (C=O) groups is 1. The molecule has 1 amide bonds. The number of piperazine rings is 1. The van der Waals surface area contributed by atoms with Crippen molar-refractivity contribution in [3.63, 3.8) is 0 Å². The molecule has 8 heteroatoms. The van der Waals surface area contributed by atoms with Gasteiger partial charge in [-0.1, -0.05) is 0 Å². The molecule has 1 aliphatic rings.